The first-order valence-electron chi connectivity index (χ1n) is 7.63. The first-order valence-corrected chi connectivity index (χ1v) is 9.21. The summed E-state index contributed by atoms with van der Waals surface area (Å²) in [5, 5.41) is 2.55. The van der Waals surface area contributed by atoms with Crippen LogP contribution in [0.3, 0.4) is 0 Å². The Morgan fingerprint density at radius 3 is 2.08 bits per heavy atom. The van der Waals surface area contributed by atoms with Crippen molar-refractivity contribution in [3.63, 3.8) is 0 Å². The molecule has 0 saturated heterocycles. The average Bonchev–Trinajstić information content (AvgIpc) is 2.40. The molecule has 0 aromatic rings. The third-order valence-electron chi connectivity index (χ3n) is 2.79. The number of hydrogen-bond donors (Lipinski definition) is 2. The van der Waals surface area contributed by atoms with Gasteiger partial charge in [-0.3, -0.25) is 4.79 Å². The topological polar surface area (TPSA) is 140 Å². The molecule has 0 bridgehead atoms. The second-order valence-electron chi connectivity index (χ2n) is 6.15. The fourth-order valence-corrected chi connectivity index (χ4v) is 2.36. The summed E-state index contributed by atoms with van der Waals surface area (Å²) in [5.74, 6) is -1.34. The molecule has 1 unspecified atom stereocenters. The lowest BCUT2D eigenvalue weighted by molar-refractivity contribution is -0.372. The first kappa shape index (κ1) is 32.2. The van der Waals surface area contributed by atoms with E-state index in [1.165, 1.54) is 13.8 Å². The lowest BCUT2D eigenvalue weighted by atomic mass is 10.0. The first-order chi connectivity index (χ1) is 10.8. The van der Waals surface area contributed by atoms with Crippen molar-refractivity contribution in [2.24, 2.45) is 5.92 Å². The van der Waals surface area contributed by atoms with E-state index in [1.54, 1.807) is 13.8 Å². The normalized spacial score (nSPS) is 11.5. The van der Waals surface area contributed by atoms with Crippen LogP contribution in [0.4, 0.5) is 0 Å². The summed E-state index contributed by atoms with van der Waals surface area (Å²) < 4.78 is 36.3. The second kappa shape index (κ2) is 14.7. The molecular weight excluding hydrogens is 360 g/mol. The Kier molecular flexibility index (Phi) is 18.2. The maximum Gasteiger partial charge on any atom is 0.333 e. The third kappa shape index (κ3) is 18.9. The van der Waals surface area contributed by atoms with Crippen LogP contribution in [0, 0.1) is 5.92 Å². The monoisotopic (exact) mass is 398 g/mol. The molecule has 0 radical (unpaired) electrons. The minimum atomic E-state index is -4.32. The number of quaternary nitrogens is 1. The Morgan fingerprint density at radius 1 is 1.31 bits per heavy atom. The molecule has 8 nitrogen and oxygen atoms in total. The van der Waals surface area contributed by atoms with Crippen LogP contribution in [0.1, 0.15) is 55.9 Å². The van der Waals surface area contributed by atoms with E-state index in [2.05, 4.69) is 22.4 Å². The summed E-state index contributed by atoms with van der Waals surface area (Å²) in [5.41, 5.74) is 2.93. The summed E-state index contributed by atoms with van der Waals surface area (Å²) in [6.07, 6.45) is 0.673. The van der Waals surface area contributed by atoms with Gasteiger partial charge in [-0.1, -0.05) is 35.3 Å². The van der Waals surface area contributed by atoms with Crippen LogP contribution < -0.4 is 11.1 Å². The van der Waals surface area contributed by atoms with Gasteiger partial charge in [0.2, 0.25) is 5.91 Å². The Hall–Kier alpha value is -1.45. The lowest BCUT2D eigenvalue weighted by Crippen LogP contribution is -2.52. The number of carbonyl (C=O) groups excluding carboxylic acids is 2. The fraction of sp³-hybridized carbons (Fsp3) is 0.765. The zero-order valence-electron chi connectivity index (χ0n) is 15.2. The Balaban J connectivity index is -0.000000192. The molecule has 9 heteroatoms. The van der Waals surface area contributed by atoms with E-state index >= 15 is 0 Å². The summed E-state index contributed by atoms with van der Waals surface area (Å²) in [7, 11) is -4.32. The van der Waals surface area contributed by atoms with E-state index in [9.17, 15) is 22.6 Å². The van der Waals surface area contributed by atoms with Crippen LogP contribution >= 0.6 is 0 Å². The van der Waals surface area contributed by atoms with Crippen LogP contribution in [0.25, 0.3) is 0 Å². The van der Waals surface area contributed by atoms with Crippen molar-refractivity contribution < 1.29 is 33.0 Å². The summed E-state index contributed by atoms with van der Waals surface area (Å²) in [6, 6.07) is 0. The van der Waals surface area contributed by atoms with E-state index in [1.807, 2.05) is 6.92 Å². The van der Waals surface area contributed by atoms with Gasteiger partial charge in [-0.15, -0.1) is 0 Å². The molecule has 0 aromatic carbocycles. The molecule has 158 valence electrons. The molecule has 0 rings (SSSR count). The number of amides is 1. The number of nitrogens with one attached hydrogen (secondary N) is 1. The molecule has 0 saturated carbocycles. The summed E-state index contributed by atoms with van der Waals surface area (Å²) in [6.45, 7) is 12.7. The minimum Gasteiger partial charge on any atom is -0.748 e. The largest absolute Gasteiger partial charge is 0.748 e. The molecule has 1 atom stereocenters. The minimum absolute atomic E-state index is 0. The van der Waals surface area contributed by atoms with Crippen molar-refractivity contribution in [2.75, 3.05) is 18.9 Å². The fourth-order valence-electron chi connectivity index (χ4n) is 1.41. The van der Waals surface area contributed by atoms with Gasteiger partial charge < -0.3 is 20.3 Å². The number of rotatable bonds is 8. The Labute approximate surface area is 159 Å². The number of hydrogen-bond acceptors (Lipinski definition) is 6. The van der Waals surface area contributed by atoms with E-state index in [-0.39, 0.29) is 32.6 Å². The predicted molar refractivity (Wildman–Crippen MR) is 103 cm³/mol. The Morgan fingerprint density at radius 2 is 1.77 bits per heavy atom. The smallest absolute Gasteiger partial charge is 0.333 e. The predicted octanol–water partition coefficient (Wildman–Crippen LogP) is 1.09. The van der Waals surface area contributed by atoms with Gasteiger partial charge in [-0.2, -0.15) is 0 Å². The van der Waals surface area contributed by atoms with Crippen molar-refractivity contribution >= 4 is 22.0 Å². The highest BCUT2D eigenvalue weighted by atomic mass is 32.2. The summed E-state index contributed by atoms with van der Waals surface area (Å²) >= 11 is 0. The molecule has 0 aliphatic carbocycles. The zero-order chi connectivity index (χ0) is 19.6. The average molecular weight is 399 g/mol. The van der Waals surface area contributed by atoms with Crippen LogP contribution in [0.5, 0.6) is 0 Å². The van der Waals surface area contributed by atoms with E-state index in [0.717, 1.165) is 0 Å². The summed E-state index contributed by atoms with van der Waals surface area (Å²) in [4.78, 5) is 22.0. The molecular formula is C17H38N2O6S. The van der Waals surface area contributed by atoms with Gasteiger partial charge in [0.1, 0.15) is 13.2 Å². The molecule has 26 heavy (non-hydrogen) atoms. The van der Waals surface area contributed by atoms with Crippen LogP contribution in [-0.4, -0.2) is 49.3 Å². The van der Waals surface area contributed by atoms with Gasteiger partial charge in [0.25, 0.3) is 0 Å². The van der Waals surface area contributed by atoms with Crippen LogP contribution in [0.2, 0.25) is 0 Å². The van der Waals surface area contributed by atoms with Gasteiger partial charge >= 0.3 is 5.97 Å². The number of carbonyl (C=O) groups is 2. The van der Waals surface area contributed by atoms with Crippen molar-refractivity contribution in [1.29, 1.82) is 0 Å². The van der Waals surface area contributed by atoms with Crippen molar-refractivity contribution in [1.82, 2.24) is 5.32 Å². The molecule has 0 aromatic heterocycles. The maximum absolute atomic E-state index is 11.5. The molecule has 0 aliphatic heterocycles. The van der Waals surface area contributed by atoms with E-state index in [4.69, 9.17) is 0 Å². The molecule has 0 fully saturated rings. The quantitative estimate of drug-likeness (QED) is 0.356. The SMILES string of the molecule is C.C.C=C(C)C(=O)OCC[NH3+].CCC(C)C(=O)NC(C)(C)CS(=O)(=O)[O-]. The van der Waals surface area contributed by atoms with Gasteiger partial charge in [0, 0.05) is 17.0 Å². The van der Waals surface area contributed by atoms with Crippen LogP contribution in [0.15, 0.2) is 12.2 Å². The highest BCUT2D eigenvalue weighted by molar-refractivity contribution is 7.85. The van der Waals surface area contributed by atoms with Crippen molar-refractivity contribution in [3.05, 3.63) is 12.2 Å². The van der Waals surface area contributed by atoms with Crippen molar-refractivity contribution in [2.45, 2.75) is 61.4 Å². The Bertz CT molecular complexity index is 529. The zero-order valence-corrected chi connectivity index (χ0v) is 16.0. The molecule has 0 heterocycles. The van der Waals surface area contributed by atoms with Gasteiger partial charge in [-0.05, 0) is 27.2 Å². The van der Waals surface area contributed by atoms with E-state index in [0.29, 0.717) is 25.1 Å². The van der Waals surface area contributed by atoms with Crippen molar-refractivity contribution in [3.8, 4) is 0 Å². The standard InChI is InChI=1S/C9H19NO4S.C6H11NO2.2CH4/c1-5-7(2)8(11)10-9(3,4)6-15(12,13)14;1-5(2)6(8)9-4-3-7;;/h7H,5-6H2,1-4H3,(H,10,11)(H,12,13,14);1,3-4,7H2,2H3;2*1H4. The highest BCUT2D eigenvalue weighted by Gasteiger charge is 2.25. The molecule has 1 amide bonds. The second-order valence-corrected chi connectivity index (χ2v) is 7.56. The number of ether oxygens (including phenoxy) is 1. The van der Waals surface area contributed by atoms with Gasteiger partial charge in [0.05, 0.1) is 15.9 Å². The third-order valence-corrected chi connectivity index (χ3v) is 3.86. The number of esters is 1. The van der Waals surface area contributed by atoms with Crippen LogP contribution in [-0.2, 0) is 24.4 Å². The maximum atomic E-state index is 11.5. The highest BCUT2D eigenvalue weighted by Crippen LogP contribution is 2.09. The molecule has 0 aliphatic rings. The van der Waals surface area contributed by atoms with E-state index < -0.39 is 21.4 Å². The lowest BCUT2D eigenvalue weighted by Gasteiger charge is -2.28. The van der Waals surface area contributed by atoms with Gasteiger partial charge in [-0.25, -0.2) is 13.2 Å². The molecule has 0 spiro atoms. The van der Waals surface area contributed by atoms with Gasteiger partial charge in [0.15, 0.2) is 0 Å². The molecule has 4 N–H and O–H groups in total.